The van der Waals surface area contributed by atoms with Gasteiger partial charge in [0.1, 0.15) is 6.10 Å². The van der Waals surface area contributed by atoms with Crippen LogP contribution in [0.3, 0.4) is 0 Å². The van der Waals surface area contributed by atoms with Crippen LogP contribution in [0.5, 0.6) is 0 Å². The van der Waals surface area contributed by atoms with Crippen LogP contribution in [0.2, 0.25) is 0 Å². The number of aliphatic hydroxyl groups excluding tert-OH is 1. The molecule has 1 unspecified atom stereocenters. The Hall–Kier alpha value is -0.945. The molecule has 1 atom stereocenters. The Balaban J connectivity index is 1.99. The van der Waals surface area contributed by atoms with Gasteiger partial charge < -0.3 is 19.2 Å². The number of rotatable bonds is 1. The number of hydrogen-bond acceptors (Lipinski definition) is 5. The largest absolute Gasteiger partial charge is 0.496 e. The maximum Gasteiger partial charge on any atom is 0.496 e. The fourth-order valence-corrected chi connectivity index (χ4v) is 2.51. The first-order valence-electron chi connectivity index (χ1n) is 6.90. The van der Waals surface area contributed by atoms with Gasteiger partial charge in [0.05, 0.1) is 24.4 Å². The van der Waals surface area contributed by atoms with Crippen LogP contribution < -0.4 is 5.46 Å². The van der Waals surface area contributed by atoms with Gasteiger partial charge in [-0.3, -0.25) is 4.98 Å². The lowest BCUT2D eigenvalue weighted by atomic mass is 9.75. The normalized spacial score (nSPS) is 27.4. The van der Waals surface area contributed by atoms with E-state index in [0.29, 0.717) is 13.2 Å². The molecule has 6 heteroatoms. The van der Waals surface area contributed by atoms with Gasteiger partial charge in [-0.25, -0.2) is 0 Å². The predicted molar refractivity (Wildman–Crippen MR) is 74.6 cm³/mol. The quantitative estimate of drug-likeness (QED) is 0.774. The molecule has 1 aromatic rings. The molecule has 1 saturated heterocycles. The zero-order valence-electron chi connectivity index (χ0n) is 12.3. The summed E-state index contributed by atoms with van der Waals surface area (Å²) in [6.07, 6.45) is 2.80. The van der Waals surface area contributed by atoms with Crippen LogP contribution in [-0.2, 0) is 20.7 Å². The Morgan fingerprint density at radius 3 is 2.50 bits per heavy atom. The molecule has 1 aromatic heterocycles. The van der Waals surface area contributed by atoms with Crippen molar-refractivity contribution < 1.29 is 19.2 Å². The average molecular weight is 277 g/mol. The molecule has 0 bridgehead atoms. The van der Waals surface area contributed by atoms with Gasteiger partial charge in [-0.2, -0.15) is 0 Å². The van der Waals surface area contributed by atoms with Gasteiger partial charge in [-0.15, -0.1) is 0 Å². The molecule has 3 rings (SSSR count). The van der Waals surface area contributed by atoms with Crippen LogP contribution in [-0.4, -0.2) is 35.0 Å². The number of nitrogens with zero attached hydrogens (tertiary/aromatic N) is 1. The summed E-state index contributed by atoms with van der Waals surface area (Å²) in [5.41, 5.74) is 1.80. The molecule has 0 amide bonds. The van der Waals surface area contributed by atoms with Crippen molar-refractivity contribution in [2.75, 3.05) is 6.61 Å². The smallest absolute Gasteiger partial charge is 0.399 e. The second-order valence-electron chi connectivity index (χ2n) is 6.42. The van der Waals surface area contributed by atoms with E-state index in [1.807, 2.05) is 27.7 Å². The highest BCUT2D eigenvalue weighted by atomic mass is 16.7. The second kappa shape index (κ2) is 4.53. The molecule has 2 aliphatic heterocycles. The number of fused-ring (bicyclic) bond motifs is 1. The molecule has 1 fully saturated rings. The molecule has 3 heterocycles. The number of hydrogen-bond donors (Lipinski definition) is 1. The van der Waals surface area contributed by atoms with Crippen molar-refractivity contribution in [3.8, 4) is 0 Å². The van der Waals surface area contributed by atoms with Crippen molar-refractivity contribution >= 4 is 12.6 Å². The van der Waals surface area contributed by atoms with Crippen molar-refractivity contribution in [2.24, 2.45) is 0 Å². The molecule has 5 nitrogen and oxygen atoms in total. The first-order chi connectivity index (χ1) is 9.32. The lowest BCUT2D eigenvalue weighted by Crippen LogP contribution is -2.41. The number of aliphatic hydroxyl groups is 1. The maximum atomic E-state index is 9.99. The maximum absolute atomic E-state index is 9.99. The summed E-state index contributed by atoms with van der Waals surface area (Å²) >= 11 is 0. The van der Waals surface area contributed by atoms with E-state index in [4.69, 9.17) is 14.0 Å². The third-order valence-corrected chi connectivity index (χ3v) is 4.51. The van der Waals surface area contributed by atoms with Crippen molar-refractivity contribution in [2.45, 2.75) is 51.6 Å². The number of ether oxygens (including phenoxy) is 1. The minimum Gasteiger partial charge on any atom is -0.399 e. The van der Waals surface area contributed by atoms with Gasteiger partial charge in [0.15, 0.2) is 0 Å². The van der Waals surface area contributed by atoms with Gasteiger partial charge in [-0.05, 0) is 33.3 Å². The van der Waals surface area contributed by atoms with Gasteiger partial charge in [-0.1, -0.05) is 0 Å². The predicted octanol–water partition coefficient (Wildman–Crippen LogP) is 0.944. The highest BCUT2D eigenvalue weighted by molar-refractivity contribution is 6.62. The van der Waals surface area contributed by atoms with Gasteiger partial charge in [0.2, 0.25) is 0 Å². The number of pyridine rings is 1. The molecule has 20 heavy (non-hydrogen) atoms. The minimum absolute atomic E-state index is 0.307. The van der Waals surface area contributed by atoms with E-state index in [1.165, 1.54) is 0 Å². The van der Waals surface area contributed by atoms with Gasteiger partial charge in [0.25, 0.3) is 0 Å². The summed E-state index contributed by atoms with van der Waals surface area (Å²) in [7, 11) is -0.476. The van der Waals surface area contributed by atoms with Crippen LogP contribution >= 0.6 is 0 Å². The fraction of sp³-hybridized carbons (Fsp3) is 0.643. The molecular weight excluding hydrogens is 257 g/mol. The summed E-state index contributed by atoms with van der Waals surface area (Å²) in [5, 5.41) is 9.99. The summed E-state index contributed by atoms with van der Waals surface area (Å²) in [6, 6.07) is 0. The molecule has 0 radical (unpaired) electrons. The minimum atomic E-state index is -0.631. The van der Waals surface area contributed by atoms with E-state index >= 15 is 0 Å². The van der Waals surface area contributed by atoms with E-state index < -0.39 is 24.4 Å². The second-order valence-corrected chi connectivity index (χ2v) is 6.42. The van der Waals surface area contributed by atoms with Crippen LogP contribution in [0, 0.1) is 0 Å². The Kier molecular flexibility index (Phi) is 3.17. The lowest BCUT2D eigenvalue weighted by Gasteiger charge is -2.32. The van der Waals surface area contributed by atoms with E-state index in [0.717, 1.165) is 16.6 Å². The van der Waals surface area contributed by atoms with Crippen LogP contribution in [0.25, 0.3) is 0 Å². The Morgan fingerprint density at radius 1 is 1.20 bits per heavy atom. The molecule has 0 aromatic carbocycles. The van der Waals surface area contributed by atoms with Crippen molar-refractivity contribution in [1.29, 1.82) is 0 Å². The molecule has 1 N–H and O–H groups in total. The Bertz CT molecular complexity index is 516. The molecule has 0 spiro atoms. The third kappa shape index (κ3) is 2.07. The average Bonchev–Trinajstić information content (AvgIpc) is 2.58. The van der Waals surface area contributed by atoms with Crippen molar-refractivity contribution in [1.82, 2.24) is 4.98 Å². The monoisotopic (exact) mass is 277 g/mol. The zero-order chi connectivity index (χ0) is 14.5. The van der Waals surface area contributed by atoms with Crippen molar-refractivity contribution in [3.63, 3.8) is 0 Å². The Labute approximate surface area is 119 Å². The van der Waals surface area contributed by atoms with Crippen LogP contribution in [0.4, 0.5) is 0 Å². The number of aromatic nitrogens is 1. The zero-order valence-corrected chi connectivity index (χ0v) is 12.3. The molecule has 0 aliphatic carbocycles. The molecule has 2 aliphatic rings. The van der Waals surface area contributed by atoms with Gasteiger partial charge in [0, 0.05) is 23.4 Å². The highest BCUT2D eigenvalue weighted by Crippen LogP contribution is 2.37. The summed E-state index contributed by atoms with van der Waals surface area (Å²) in [6.45, 7) is 8.82. The van der Waals surface area contributed by atoms with E-state index in [9.17, 15) is 5.11 Å². The molecular formula is C14H20BNO4. The van der Waals surface area contributed by atoms with Crippen LogP contribution in [0.1, 0.15) is 44.9 Å². The standard InChI is InChI=1S/C14H20BNO4/c1-13(2)14(3,4)20-15(19-13)11-6-16-5-9-10(11)7-18-8-12(9)17/h5-6,12,17H,7-8H2,1-4H3. The first-order valence-corrected chi connectivity index (χ1v) is 6.90. The summed E-state index contributed by atoms with van der Waals surface area (Å²) in [4.78, 5) is 4.21. The third-order valence-electron chi connectivity index (χ3n) is 4.51. The topological polar surface area (TPSA) is 60.8 Å². The first kappa shape index (κ1) is 14.0. The summed E-state index contributed by atoms with van der Waals surface area (Å²) < 4.78 is 17.5. The van der Waals surface area contributed by atoms with E-state index in [1.54, 1.807) is 12.4 Å². The fourth-order valence-electron chi connectivity index (χ4n) is 2.51. The van der Waals surface area contributed by atoms with E-state index in [-0.39, 0.29) is 0 Å². The van der Waals surface area contributed by atoms with E-state index in [2.05, 4.69) is 4.98 Å². The Morgan fingerprint density at radius 2 is 1.85 bits per heavy atom. The van der Waals surface area contributed by atoms with Crippen LogP contribution in [0.15, 0.2) is 12.4 Å². The summed E-state index contributed by atoms with van der Waals surface area (Å²) in [5.74, 6) is 0. The highest BCUT2D eigenvalue weighted by Gasteiger charge is 2.52. The molecule has 108 valence electrons. The lowest BCUT2D eigenvalue weighted by molar-refractivity contribution is 0.00578. The molecule has 0 saturated carbocycles. The van der Waals surface area contributed by atoms with Crippen molar-refractivity contribution in [3.05, 3.63) is 23.5 Å². The SMILES string of the molecule is CC1(C)OB(c2cncc3c2COCC3O)OC1(C)C. The van der Waals surface area contributed by atoms with Gasteiger partial charge >= 0.3 is 7.12 Å².